The first-order valence-electron chi connectivity index (χ1n) is 9.15. The van der Waals surface area contributed by atoms with Crippen LogP contribution in [0.15, 0.2) is 49.6 Å². The second kappa shape index (κ2) is 8.80. The summed E-state index contributed by atoms with van der Waals surface area (Å²) in [4.78, 5) is 26.7. The van der Waals surface area contributed by atoms with Crippen molar-refractivity contribution in [2.24, 2.45) is 0 Å². The summed E-state index contributed by atoms with van der Waals surface area (Å²) in [6, 6.07) is 2.87. The molecule has 0 spiro atoms. The molecule has 0 unspecified atom stereocenters. The Bertz CT molecular complexity index is 1260. The molecule has 0 aromatic carbocycles. The van der Waals surface area contributed by atoms with E-state index < -0.39 is 12.1 Å². The van der Waals surface area contributed by atoms with E-state index in [0.29, 0.717) is 33.3 Å². The van der Waals surface area contributed by atoms with Crippen LogP contribution in [0.25, 0.3) is 16.2 Å². The number of rotatable bonds is 6. The second-order valence-electron chi connectivity index (χ2n) is 6.42. The molecule has 0 bridgehead atoms. The van der Waals surface area contributed by atoms with Crippen LogP contribution in [0.2, 0.25) is 5.02 Å². The Kier molecular flexibility index (Phi) is 5.94. The third-order valence-corrected chi connectivity index (χ3v) is 5.53. The summed E-state index contributed by atoms with van der Waals surface area (Å²) in [5, 5.41) is 10.8. The third kappa shape index (κ3) is 4.26. The van der Waals surface area contributed by atoms with Crippen molar-refractivity contribution in [2.45, 2.75) is 13.0 Å². The van der Waals surface area contributed by atoms with Gasteiger partial charge >= 0.3 is 6.03 Å². The summed E-state index contributed by atoms with van der Waals surface area (Å²) in [5.41, 5.74) is 2.24. The van der Waals surface area contributed by atoms with Crippen molar-refractivity contribution in [3.8, 4) is 5.82 Å². The smallest absolute Gasteiger partial charge is 0.323 e. The first-order chi connectivity index (χ1) is 15.0. The van der Waals surface area contributed by atoms with E-state index in [2.05, 4.69) is 37.3 Å². The van der Waals surface area contributed by atoms with Gasteiger partial charge in [-0.05, 0) is 19.1 Å². The monoisotopic (exact) mass is 455 g/mol. The maximum atomic E-state index is 12.7. The first-order valence-corrected chi connectivity index (χ1v) is 10.3. The molecule has 0 radical (unpaired) electrons. The molecular formula is C20H18ClN7O2S. The zero-order valence-electron chi connectivity index (χ0n) is 16.7. The van der Waals surface area contributed by atoms with Gasteiger partial charge in [0, 0.05) is 25.1 Å². The van der Waals surface area contributed by atoms with Crippen molar-refractivity contribution >= 4 is 50.7 Å². The lowest BCUT2D eigenvalue weighted by Crippen LogP contribution is -2.21. The van der Waals surface area contributed by atoms with E-state index in [1.807, 2.05) is 6.92 Å². The number of carbonyl (C=O) groups excluding carboxylic acids is 1. The number of nitrogens with one attached hydrogen (secondary N) is 2. The van der Waals surface area contributed by atoms with E-state index in [1.54, 1.807) is 43.9 Å². The number of methoxy groups -OCH3 is 1. The summed E-state index contributed by atoms with van der Waals surface area (Å²) in [6.07, 6.45) is 7.61. The van der Waals surface area contributed by atoms with Gasteiger partial charge in [-0.25, -0.2) is 24.4 Å². The zero-order valence-corrected chi connectivity index (χ0v) is 18.2. The van der Waals surface area contributed by atoms with Crippen LogP contribution in [-0.2, 0) is 4.74 Å². The van der Waals surface area contributed by atoms with Crippen LogP contribution in [0.3, 0.4) is 0 Å². The SMILES string of the molecule is C=C[C@@H](OC)c1c(NC(=O)Nc2cnc(-n3cccn3)c(Cl)c2)cnc2sc(C)nc12. The van der Waals surface area contributed by atoms with Crippen LogP contribution < -0.4 is 10.6 Å². The Labute approximate surface area is 186 Å². The zero-order chi connectivity index (χ0) is 22.0. The fraction of sp³-hybridized carbons (Fsp3) is 0.150. The Balaban J connectivity index is 1.59. The number of halogens is 1. The molecule has 0 fully saturated rings. The molecular weight excluding hydrogens is 438 g/mol. The number of hydrogen-bond donors (Lipinski definition) is 2. The number of pyridine rings is 2. The Morgan fingerprint density at radius 2 is 2.19 bits per heavy atom. The predicted octanol–water partition coefficient (Wildman–Crippen LogP) is 4.75. The Morgan fingerprint density at radius 3 is 2.87 bits per heavy atom. The molecule has 2 N–H and O–H groups in total. The molecule has 158 valence electrons. The number of aryl methyl sites for hydroxylation is 1. The molecule has 0 aliphatic carbocycles. The average Bonchev–Trinajstić information content (AvgIpc) is 3.39. The van der Waals surface area contributed by atoms with E-state index in [1.165, 1.54) is 22.2 Å². The highest BCUT2D eigenvalue weighted by molar-refractivity contribution is 7.18. The first kappa shape index (κ1) is 20.9. The highest BCUT2D eigenvalue weighted by Gasteiger charge is 2.21. The van der Waals surface area contributed by atoms with Crippen LogP contribution >= 0.6 is 22.9 Å². The second-order valence-corrected chi connectivity index (χ2v) is 8.01. The van der Waals surface area contributed by atoms with Gasteiger partial charge < -0.3 is 15.4 Å². The number of amides is 2. The third-order valence-electron chi connectivity index (χ3n) is 4.37. The summed E-state index contributed by atoms with van der Waals surface area (Å²) in [5.74, 6) is 0.461. The van der Waals surface area contributed by atoms with Crippen LogP contribution in [0, 0.1) is 6.92 Å². The fourth-order valence-corrected chi connectivity index (χ4v) is 4.09. The molecule has 1 atom stereocenters. The van der Waals surface area contributed by atoms with Crippen LogP contribution in [-0.4, -0.2) is 37.9 Å². The number of aromatic nitrogens is 5. The van der Waals surface area contributed by atoms with Gasteiger partial charge in [0.15, 0.2) is 5.82 Å². The van der Waals surface area contributed by atoms with Crippen molar-refractivity contribution in [1.29, 1.82) is 0 Å². The Hall–Kier alpha value is -3.34. The molecule has 4 heterocycles. The summed E-state index contributed by atoms with van der Waals surface area (Å²) >= 11 is 7.76. The minimum atomic E-state index is -0.488. The molecule has 0 aliphatic rings. The lowest BCUT2D eigenvalue weighted by atomic mass is 10.1. The fourth-order valence-electron chi connectivity index (χ4n) is 3.07. The van der Waals surface area contributed by atoms with Crippen molar-refractivity contribution in [2.75, 3.05) is 17.7 Å². The van der Waals surface area contributed by atoms with Crippen LogP contribution in [0.4, 0.5) is 16.2 Å². The van der Waals surface area contributed by atoms with Crippen molar-refractivity contribution in [3.05, 3.63) is 65.2 Å². The average molecular weight is 456 g/mol. The summed E-state index contributed by atoms with van der Waals surface area (Å²) in [7, 11) is 1.57. The number of nitrogens with zero attached hydrogens (tertiary/aromatic N) is 5. The maximum absolute atomic E-state index is 12.7. The molecule has 4 rings (SSSR count). The minimum absolute atomic E-state index is 0.342. The molecule has 2 amide bonds. The predicted molar refractivity (Wildman–Crippen MR) is 121 cm³/mol. The quantitative estimate of drug-likeness (QED) is 0.406. The molecule has 0 aliphatic heterocycles. The number of ether oxygens (including phenoxy) is 1. The standard InChI is InChI=1S/C20H18ClN7O2S/c1-4-15(30-3)16-14(10-23-19-17(16)25-11(2)31-19)27-20(29)26-12-8-13(21)18(22-9-12)28-7-5-6-24-28/h4-10,15H,1H2,2-3H3,(H2,26,27,29)/t15-/m1/s1. The topological polar surface area (TPSA) is 107 Å². The normalized spacial score (nSPS) is 12.0. The van der Waals surface area contributed by atoms with Gasteiger partial charge in [-0.2, -0.15) is 5.10 Å². The van der Waals surface area contributed by atoms with Gasteiger partial charge in [-0.3, -0.25) is 0 Å². The van der Waals surface area contributed by atoms with E-state index in [0.717, 1.165) is 9.84 Å². The molecule has 0 saturated carbocycles. The van der Waals surface area contributed by atoms with E-state index in [4.69, 9.17) is 16.3 Å². The van der Waals surface area contributed by atoms with Gasteiger partial charge in [0.05, 0.1) is 33.8 Å². The van der Waals surface area contributed by atoms with Gasteiger partial charge in [-0.1, -0.05) is 29.0 Å². The number of urea groups is 1. The largest absolute Gasteiger partial charge is 0.373 e. The van der Waals surface area contributed by atoms with Crippen LogP contribution in [0.1, 0.15) is 16.7 Å². The number of thiazole rings is 1. The summed E-state index contributed by atoms with van der Waals surface area (Å²) < 4.78 is 7.06. The van der Waals surface area contributed by atoms with Gasteiger partial charge in [0.2, 0.25) is 0 Å². The number of anilines is 2. The van der Waals surface area contributed by atoms with Crippen molar-refractivity contribution in [1.82, 2.24) is 24.7 Å². The highest BCUT2D eigenvalue weighted by Crippen LogP contribution is 2.34. The summed E-state index contributed by atoms with van der Waals surface area (Å²) in [6.45, 7) is 5.72. The van der Waals surface area contributed by atoms with Crippen molar-refractivity contribution in [3.63, 3.8) is 0 Å². The molecule has 0 saturated heterocycles. The van der Waals surface area contributed by atoms with Crippen LogP contribution in [0.5, 0.6) is 0 Å². The Morgan fingerprint density at radius 1 is 1.35 bits per heavy atom. The van der Waals surface area contributed by atoms with Gasteiger partial charge in [-0.15, -0.1) is 6.58 Å². The molecule has 9 nitrogen and oxygen atoms in total. The van der Waals surface area contributed by atoms with Gasteiger partial charge in [0.25, 0.3) is 0 Å². The lowest BCUT2D eigenvalue weighted by Gasteiger charge is -2.17. The number of hydrogen-bond acceptors (Lipinski definition) is 7. The van der Waals surface area contributed by atoms with Gasteiger partial charge in [0.1, 0.15) is 16.5 Å². The number of carbonyl (C=O) groups is 1. The molecule has 4 aromatic heterocycles. The molecule has 31 heavy (non-hydrogen) atoms. The van der Waals surface area contributed by atoms with E-state index in [9.17, 15) is 4.79 Å². The van der Waals surface area contributed by atoms with E-state index >= 15 is 0 Å². The molecule has 4 aromatic rings. The lowest BCUT2D eigenvalue weighted by molar-refractivity contribution is 0.144. The highest BCUT2D eigenvalue weighted by atomic mass is 35.5. The molecule has 11 heteroatoms. The van der Waals surface area contributed by atoms with Crippen molar-refractivity contribution < 1.29 is 9.53 Å². The number of fused-ring (bicyclic) bond motifs is 1. The maximum Gasteiger partial charge on any atom is 0.323 e. The minimum Gasteiger partial charge on any atom is -0.373 e. The van der Waals surface area contributed by atoms with E-state index in [-0.39, 0.29) is 0 Å².